The second kappa shape index (κ2) is 6.51. The maximum Gasteiger partial charge on any atom is 0.237 e. The number of sulfone groups is 1. The summed E-state index contributed by atoms with van der Waals surface area (Å²) in [5, 5.41) is 2.56. The van der Waals surface area contributed by atoms with E-state index in [0.717, 1.165) is 6.26 Å². The van der Waals surface area contributed by atoms with Gasteiger partial charge in [0.05, 0.1) is 17.8 Å². The van der Waals surface area contributed by atoms with Gasteiger partial charge in [-0.15, -0.1) is 6.42 Å². The zero-order valence-electron chi connectivity index (χ0n) is 9.56. The van der Waals surface area contributed by atoms with E-state index in [1.807, 2.05) is 6.92 Å². The van der Waals surface area contributed by atoms with Gasteiger partial charge in [-0.05, 0) is 12.8 Å². The highest BCUT2D eigenvalue weighted by atomic mass is 32.2. The Morgan fingerprint density at radius 1 is 1.56 bits per heavy atom. The molecule has 0 saturated heterocycles. The number of nitrogens with two attached hydrogens (primary N) is 1. The predicted octanol–water partition coefficient (Wildman–Crippen LogP) is -0.724. The average Bonchev–Trinajstić information content (AvgIpc) is 2.20. The van der Waals surface area contributed by atoms with Crippen LogP contribution in [0.15, 0.2) is 0 Å². The van der Waals surface area contributed by atoms with Crippen molar-refractivity contribution in [3.05, 3.63) is 0 Å². The van der Waals surface area contributed by atoms with Crippen molar-refractivity contribution in [2.45, 2.75) is 31.8 Å². The number of carbonyl (C=O) groups excluding carboxylic acids is 1. The molecule has 0 spiro atoms. The summed E-state index contributed by atoms with van der Waals surface area (Å²) in [5.74, 6) is 1.89. The van der Waals surface area contributed by atoms with Gasteiger partial charge in [-0.1, -0.05) is 12.8 Å². The number of nitrogens with one attached hydrogen (secondary N) is 1. The first-order chi connectivity index (χ1) is 7.30. The highest BCUT2D eigenvalue weighted by Crippen LogP contribution is 1.96. The van der Waals surface area contributed by atoms with Crippen LogP contribution in [0.3, 0.4) is 0 Å². The summed E-state index contributed by atoms with van der Waals surface area (Å²) in [6.45, 7) is 1.84. The van der Waals surface area contributed by atoms with E-state index in [-0.39, 0.29) is 18.2 Å². The van der Waals surface area contributed by atoms with Crippen molar-refractivity contribution in [1.82, 2.24) is 5.32 Å². The van der Waals surface area contributed by atoms with Gasteiger partial charge in [0.25, 0.3) is 0 Å². The van der Waals surface area contributed by atoms with Crippen molar-refractivity contribution in [3.63, 3.8) is 0 Å². The van der Waals surface area contributed by atoms with E-state index in [1.165, 1.54) is 0 Å². The van der Waals surface area contributed by atoms with Crippen molar-refractivity contribution in [2.24, 2.45) is 5.73 Å². The molecule has 0 aliphatic rings. The molecule has 5 nitrogen and oxygen atoms in total. The third-order valence-electron chi connectivity index (χ3n) is 2.06. The Balaban J connectivity index is 4.15. The fourth-order valence-corrected chi connectivity index (χ4v) is 1.69. The largest absolute Gasteiger partial charge is 0.341 e. The van der Waals surface area contributed by atoms with Gasteiger partial charge in [0.15, 0.2) is 0 Å². The maximum atomic E-state index is 11.5. The Morgan fingerprint density at radius 3 is 2.50 bits per heavy atom. The van der Waals surface area contributed by atoms with Crippen LogP contribution < -0.4 is 11.1 Å². The summed E-state index contributed by atoms with van der Waals surface area (Å²) in [6.07, 6.45) is 6.99. The van der Waals surface area contributed by atoms with Crippen molar-refractivity contribution < 1.29 is 13.2 Å². The predicted molar refractivity (Wildman–Crippen MR) is 63.4 cm³/mol. The number of hydrogen-bond acceptors (Lipinski definition) is 4. The Bertz CT molecular complexity index is 370. The zero-order chi connectivity index (χ0) is 12.8. The molecule has 3 N–H and O–H groups in total. The van der Waals surface area contributed by atoms with Crippen LogP contribution in [0, 0.1) is 12.3 Å². The van der Waals surface area contributed by atoms with Crippen LogP contribution in [0.2, 0.25) is 0 Å². The molecule has 0 bridgehead atoms. The molecule has 0 aromatic rings. The topological polar surface area (TPSA) is 89.3 Å². The minimum atomic E-state index is -3.09. The minimum absolute atomic E-state index is 0.103. The van der Waals surface area contributed by atoms with Crippen molar-refractivity contribution >= 4 is 15.7 Å². The van der Waals surface area contributed by atoms with Crippen molar-refractivity contribution in [1.29, 1.82) is 0 Å². The molecule has 92 valence electrons. The van der Waals surface area contributed by atoms with E-state index in [4.69, 9.17) is 12.2 Å². The average molecular weight is 246 g/mol. The molecule has 0 rings (SSSR count). The number of terminal acetylenes is 1. The molecule has 2 atom stereocenters. The van der Waals surface area contributed by atoms with E-state index >= 15 is 0 Å². The molecule has 0 aliphatic carbocycles. The summed E-state index contributed by atoms with van der Waals surface area (Å²) >= 11 is 0. The fourth-order valence-electron chi connectivity index (χ4n) is 1.01. The van der Waals surface area contributed by atoms with Gasteiger partial charge < -0.3 is 11.1 Å². The van der Waals surface area contributed by atoms with E-state index < -0.39 is 21.8 Å². The summed E-state index contributed by atoms with van der Waals surface area (Å²) in [6, 6.07) is -1.19. The summed E-state index contributed by atoms with van der Waals surface area (Å²) in [4.78, 5) is 11.5. The third-order valence-corrected chi connectivity index (χ3v) is 3.04. The lowest BCUT2D eigenvalue weighted by Gasteiger charge is -2.15. The molecule has 16 heavy (non-hydrogen) atoms. The molecule has 6 heteroatoms. The molecule has 0 fully saturated rings. The van der Waals surface area contributed by atoms with Crippen LogP contribution in [0.25, 0.3) is 0 Å². The first kappa shape index (κ1) is 14.9. The van der Waals surface area contributed by atoms with Crippen LogP contribution in [0.1, 0.15) is 19.8 Å². The van der Waals surface area contributed by atoms with Crippen LogP contribution in [-0.2, 0) is 14.6 Å². The van der Waals surface area contributed by atoms with Gasteiger partial charge in [-0.25, -0.2) is 8.42 Å². The molecule has 0 radical (unpaired) electrons. The van der Waals surface area contributed by atoms with E-state index in [1.54, 1.807) is 0 Å². The molecule has 0 aliphatic heterocycles. The first-order valence-corrected chi connectivity index (χ1v) is 7.06. The van der Waals surface area contributed by atoms with Crippen molar-refractivity contribution in [3.8, 4) is 12.3 Å². The summed E-state index contributed by atoms with van der Waals surface area (Å²) < 4.78 is 21.7. The Hall–Kier alpha value is -1.06. The third kappa shape index (κ3) is 6.43. The molecule has 0 aromatic carbocycles. The molecule has 0 heterocycles. The number of carbonyl (C=O) groups is 1. The highest BCUT2D eigenvalue weighted by molar-refractivity contribution is 7.90. The molecule has 1 amide bonds. The van der Waals surface area contributed by atoms with Gasteiger partial charge in [-0.2, -0.15) is 0 Å². The van der Waals surface area contributed by atoms with Crippen LogP contribution in [-0.4, -0.2) is 38.4 Å². The number of rotatable bonds is 6. The monoisotopic (exact) mass is 246 g/mol. The maximum absolute atomic E-state index is 11.5. The molecule has 0 aromatic heterocycles. The van der Waals surface area contributed by atoms with Crippen LogP contribution >= 0.6 is 0 Å². The lowest BCUT2D eigenvalue weighted by atomic mass is 10.2. The Kier molecular flexibility index (Phi) is 6.08. The Labute approximate surface area is 96.7 Å². The van der Waals surface area contributed by atoms with Crippen LogP contribution in [0.4, 0.5) is 0 Å². The van der Waals surface area contributed by atoms with Gasteiger partial charge in [-0.3, -0.25) is 4.79 Å². The minimum Gasteiger partial charge on any atom is -0.341 e. The second-order valence-corrected chi connectivity index (χ2v) is 5.92. The zero-order valence-corrected chi connectivity index (χ0v) is 10.4. The smallest absolute Gasteiger partial charge is 0.237 e. The quantitative estimate of drug-likeness (QED) is 0.605. The number of hydrogen-bond donors (Lipinski definition) is 2. The van der Waals surface area contributed by atoms with Crippen molar-refractivity contribution in [2.75, 3.05) is 12.0 Å². The van der Waals surface area contributed by atoms with E-state index in [2.05, 4.69) is 11.2 Å². The van der Waals surface area contributed by atoms with E-state index in [0.29, 0.717) is 6.42 Å². The van der Waals surface area contributed by atoms with Gasteiger partial charge in [0.1, 0.15) is 9.84 Å². The number of amides is 1. The summed E-state index contributed by atoms with van der Waals surface area (Å²) in [5.41, 5.74) is 5.54. The molecule has 2 unspecified atom stereocenters. The first-order valence-electron chi connectivity index (χ1n) is 5.00. The molecular weight excluding hydrogens is 228 g/mol. The standard InChI is InChI=1S/C10H18N2O3S/c1-4-8(5-2)12-10(13)9(11)6-7-16(3,14)15/h1,8-9H,5-7,11H2,2-3H3,(H,12,13). The molecular formula is C10H18N2O3S. The lowest BCUT2D eigenvalue weighted by molar-refractivity contribution is -0.122. The normalized spacial score (nSPS) is 14.9. The lowest BCUT2D eigenvalue weighted by Crippen LogP contribution is -2.45. The van der Waals surface area contributed by atoms with Gasteiger partial charge in [0, 0.05) is 6.26 Å². The van der Waals surface area contributed by atoms with Gasteiger partial charge in [0.2, 0.25) is 5.91 Å². The van der Waals surface area contributed by atoms with E-state index in [9.17, 15) is 13.2 Å². The fraction of sp³-hybridized carbons (Fsp3) is 0.700. The second-order valence-electron chi connectivity index (χ2n) is 3.66. The SMILES string of the molecule is C#CC(CC)NC(=O)C(N)CCS(C)(=O)=O. The van der Waals surface area contributed by atoms with Gasteiger partial charge >= 0.3 is 0 Å². The highest BCUT2D eigenvalue weighted by Gasteiger charge is 2.17. The van der Waals surface area contributed by atoms with Crippen LogP contribution in [0.5, 0.6) is 0 Å². The Morgan fingerprint density at radius 2 is 2.12 bits per heavy atom. The summed E-state index contributed by atoms with van der Waals surface area (Å²) in [7, 11) is -3.09. The molecule has 0 saturated carbocycles.